The first-order valence-electron chi connectivity index (χ1n) is 6.32. The number of nitrogens with zero attached hydrogens (tertiary/aromatic N) is 1. The molecule has 0 radical (unpaired) electrons. The average Bonchev–Trinajstić information content (AvgIpc) is 2.44. The van der Waals surface area contributed by atoms with E-state index in [-0.39, 0.29) is 12.2 Å². The Balaban J connectivity index is 2.00. The molecule has 0 aliphatic carbocycles. The van der Waals surface area contributed by atoms with Gasteiger partial charge in [-0.1, -0.05) is 18.2 Å². The highest BCUT2D eigenvalue weighted by Gasteiger charge is 2.01. The van der Waals surface area contributed by atoms with E-state index >= 15 is 0 Å². The summed E-state index contributed by atoms with van der Waals surface area (Å²) in [7, 11) is 0. The molecule has 3 N–H and O–H groups in total. The number of aromatic nitrogens is 1. The predicted octanol–water partition coefficient (Wildman–Crippen LogP) is 2.02. The van der Waals surface area contributed by atoms with Gasteiger partial charge in [-0.3, -0.25) is 9.78 Å². The quantitative estimate of drug-likeness (QED) is 0.701. The van der Waals surface area contributed by atoms with Crippen LogP contribution in [0.2, 0.25) is 0 Å². The Morgan fingerprint density at radius 1 is 1.25 bits per heavy atom. The van der Waals surface area contributed by atoms with Gasteiger partial charge in [-0.2, -0.15) is 0 Å². The summed E-state index contributed by atoms with van der Waals surface area (Å²) in [4.78, 5) is 14.6. The minimum absolute atomic E-state index is 0.110. The molecule has 5 nitrogen and oxygen atoms in total. The third-order valence-electron chi connectivity index (χ3n) is 2.82. The maximum atomic E-state index is 10.4. The number of carboxylic acids is 1. The first-order chi connectivity index (χ1) is 9.65. The van der Waals surface area contributed by atoms with Crippen LogP contribution in [0.5, 0.6) is 5.75 Å². The minimum atomic E-state index is -0.806. The number of pyridine rings is 1. The molecule has 104 valence electrons. The highest BCUT2D eigenvalue weighted by Crippen LogP contribution is 2.19. The molecule has 0 bridgehead atoms. The van der Waals surface area contributed by atoms with Crippen LogP contribution in [0.1, 0.15) is 12.0 Å². The van der Waals surface area contributed by atoms with Gasteiger partial charge in [-0.25, -0.2) is 0 Å². The first-order valence-corrected chi connectivity index (χ1v) is 6.32. The molecule has 20 heavy (non-hydrogen) atoms. The second-order valence-corrected chi connectivity index (χ2v) is 4.42. The topological polar surface area (TPSA) is 82.5 Å². The zero-order chi connectivity index (χ0) is 14.4. The fraction of sp³-hybridized carbons (Fsp3) is 0.200. The molecule has 0 spiro atoms. The summed E-state index contributed by atoms with van der Waals surface area (Å²) in [5.74, 6) is -0.667. The van der Waals surface area contributed by atoms with E-state index in [1.54, 1.807) is 12.1 Å². The molecule has 2 aromatic rings. The van der Waals surface area contributed by atoms with Gasteiger partial charge in [0, 0.05) is 18.7 Å². The van der Waals surface area contributed by atoms with E-state index in [4.69, 9.17) is 5.11 Å². The van der Waals surface area contributed by atoms with Crippen molar-refractivity contribution in [3.8, 4) is 17.0 Å². The van der Waals surface area contributed by atoms with Crippen LogP contribution < -0.4 is 5.32 Å². The summed E-state index contributed by atoms with van der Waals surface area (Å²) in [6.07, 6.45) is 1.52. The summed E-state index contributed by atoms with van der Waals surface area (Å²) in [5, 5.41) is 20.9. The number of hydrogen-bond acceptors (Lipinski definition) is 4. The highest BCUT2D eigenvalue weighted by molar-refractivity contribution is 5.66. The second kappa shape index (κ2) is 6.68. The molecule has 0 saturated heterocycles. The van der Waals surface area contributed by atoms with Crippen molar-refractivity contribution >= 4 is 5.97 Å². The standard InChI is InChI=1S/C15H16N2O3/c18-13-4-5-14(17-10-13)12-3-1-2-11(8-12)9-16-7-6-15(19)20/h1-5,8,10,16,18H,6-7,9H2,(H,19,20). The zero-order valence-corrected chi connectivity index (χ0v) is 10.9. The molecule has 2 rings (SSSR count). The van der Waals surface area contributed by atoms with Crippen LogP contribution in [-0.2, 0) is 11.3 Å². The highest BCUT2D eigenvalue weighted by atomic mass is 16.4. The van der Waals surface area contributed by atoms with Crippen molar-refractivity contribution in [2.45, 2.75) is 13.0 Å². The minimum Gasteiger partial charge on any atom is -0.506 e. The lowest BCUT2D eigenvalue weighted by Crippen LogP contribution is -2.17. The van der Waals surface area contributed by atoms with E-state index < -0.39 is 5.97 Å². The Kier molecular flexibility index (Phi) is 4.68. The van der Waals surface area contributed by atoms with Crippen LogP contribution in [0.4, 0.5) is 0 Å². The Morgan fingerprint density at radius 3 is 2.80 bits per heavy atom. The normalized spacial score (nSPS) is 10.4. The van der Waals surface area contributed by atoms with Crippen molar-refractivity contribution in [1.29, 1.82) is 0 Å². The number of rotatable bonds is 6. The molecule has 0 aliphatic rings. The molecule has 0 unspecified atom stereocenters. The molecule has 0 aliphatic heterocycles. The molecular formula is C15H16N2O3. The third kappa shape index (κ3) is 4.07. The number of nitrogens with one attached hydrogen (secondary N) is 1. The van der Waals surface area contributed by atoms with Crippen LogP contribution in [0, 0.1) is 0 Å². The number of carboxylic acid groups (broad SMARTS) is 1. The molecule has 1 heterocycles. The predicted molar refractivity (Wildman–Crippen MR) is 75.3 cm³/mol. The largest absolute Gasteiger partial charge is 0.506 e. The number of aliphatic carboxylic acids is 1. The van der Waals surface area contributed by atoms with Gasteiger partial charge in [-0.15, -0.1) is 0 Å². The SMILES string of the molecule is O=C(O)CCNCc1cccc(-c2ccc(O)cn2)c1. The summed E-state index contributed by atoms with van der Waals surface area (Å²) in [5.41, 5.74) is 2.81. The zero-order valence-electron chi connectivity index (χ0n) is 10.9. The third-order valence-corrected chi connectivity index (χ3v) is 2.82. The summed E-state index contributed by atoms with van der Waals surface area (Å²) < 4.78 is 0. The molecule has 0 fully saturated rings. The van der Waals surface area contributed by atoms with Crippen LogP contribution in [0.3, 0.4) is 0 Å². The number of benzene rings is 1. The van der Waals surface area contributed by atoms with Gasteiger partial charge in [0.25, 0.3) is 0 Å². The number of carbonyl (C=O) groups is 1. The summed E-state index contributed by atoms with van der Waals surface area (Å²) >= 11 is 0. The van der Waals surface area contributed by atoms with Gasteiger partial charge in [0.05, 0.1) is 18.3 Å². The van der Waals surface area contributed by atoms with E-state index in [9.17, 15) is 9.90 Å². The summed E-state index contributed by atoms with van der Waals surface area (Å²) in [6, 6.07) is 11.2. The van der Waals surface area contributed by atoms with Crippen molar-refractivity contribution in [3.63, 3.8) is 0 Å². The number of hydrogen-bond donors (Lipinski definition) is 3. The molecular weight excluding hydrogens is 256 g/mol. The monoisotopic (exact) mass is 272 g/mol. The van der Waals surface area contributed by atoms with E-state index in [2.05, 4.69) is 10.3 Å². The van der Waals surface area contributed by atoms with Gasteiger partial charge in [-0.05, 0) is 23.8 Å². The molecule has 0 saturated carbocycles. The van der Waals surface area contributed by atoms with E-state index in [1.807, 2.05) is 24.3 Å². The van der Waals surface area contributed by atoms with Crippen LogP contribution in [-0.4, -0.2) is 27.7 Å². The molecule has 1 aromatic heterocycles. The molecule has 5 heteroatoms. The van der Waals surface area contributed by atoms with Crippen LogP contribution in [0.25, 0.3) is 11.3 Å². The maximum Gasteiger partial charge on any atom is 0.304 e. The van der Waals surface area contributed by atoms with E-state index in [1.165, 1.54) is 6.20 Å². The fourth-order valence-corrected chi connectivity index (χ4v) is 1.83. The van der Waals surface area contributed by atoms with Crippen LogP contribution >= 0.6 is 0 Å². The summed E-state index contributed by atoms with van der Waals surface area (Å²) in [6.45, 7) is 1.05. The Labute approximate surface area is 116 Å². The Bertz CT molecular complexity index is 582. The van der Waals surface area contributed by atoms with Crippen LogP contribution in [0.15, 0.2) is 42.6 Å². The van der Waals surface area contributed by atoms with Gasteiger partial charge >= 0.3 is 5.97 Å². The lowest BCUT2D eigenvalue weighted by molar-refractivity contribution is -0.136. The lowest BCUT2D eigenvalue weighted by Gasteiger charge is -2.06. The second-order valence-electron chi connectivity index (χ2n) is 4.42. The molecule has 0 amide bonds. The van der Waals surface area contributed by atoms with E-state index in [0.29, 0.717) is 13.1 Å². The number of aromatic hydroxyl groups is 1. The van der Waals surface area contributed by atoms with Gasteiger partial charge in [0.15, 0.2) is 0 Å². The maximum absolute atomic E-state index is 10.4. The van der Waals surface area contributed by atoms with Crippen molar-refractivity contribution < 1.29 is 15.0 Å². The van der Waals surface area contributed by atoms with Crippen molar-refractivity contribution in [2.24, 2.45) is 0 Å². The van der Waals surface area contributed by atoms with Gasteiger partial charge in [0.2, 0.25) is 0 Å². The smallest absolute Gasteiger partial charge is 0.304 e. The van der Waals surface area contributed by atoms with Gasteiger partial charge in [0.1, 0.15) is 5.75 Å². The van der Waals surface area contributed by atoms with Crippen molar-refractivity contribution in [3.05, 3.63) is 48.2 Å². The lowest BCUT2D eigenvalue weighted by atomic mass is 10.1. The van der Waals surface area contributed by atoms with Crippen molar-refractivity contribution in [1.82, 2.24) is 10.3 Å². The molecule has 1 aromatic carbocycles. The van der Waals surface area contributed by atoms with Crippen molar-refractivity contribution in [2.75, 3.05) is 6.54 Å². The Morgan fingerprint density at radius 2 is 2.10 bits per heavy atom. The average molecular weight is 272 g/mol. The fourth-order valence-electron chi connectivity index (χ4n) is 1.83. The first kappa shape index (κ1) is 14.0. The Hall–Kier alpha value is -2.40. The molecule has 0 atom stereocenters. The van der Waals surface area contributed by atoms with Gasteiger partial charge < -0.3 is 15.5 Å². The van der Waals surface area contributed by atoms with E-state index in [0.717, 1.165) is 16.8 Å².